The Morgan fingerprint density at radius 1 is 1.05 bits per heavy atom. The van der Waals surface area contributed by atoms with Gasteiger partial charge in [0.15, 0.2) is 12.2 Å². The summed E-state index contributed by atoms with van der Waals surface area (Å²) in [5.74, 6) is -3.99. The molecule has 1 aliphatic heterocycles. The quantitative estimate of drug-likeness (QED) is 0.190. The third-order valence-corrected chi connectivity index (χ3v) is 7.60. The van der Waals surface area contributed by atoms with Crippen molar-refractivity contribution in [1.29, 1.82) is 0 Å². The molecule has 0 aliphatic carbocycles. The number of hydrogen-bond donors (Lipinski definition) is 0. The summed E-state index contributed by atoms with van der Waals surface area (Å²) in [5, 5.41) is 7.46. The molecular formula is C25H22BrClF2N4O7S. The van der Waals surface area contributed by atoms with Crippen LogP contribution in [0, 0.1) is 11.6 Å². The highest BCUT2D eigenvalue weighted by Crippen LogP contribution is 2.41. The molecule has 218 valence electrons. The van der Waals surface area contributed by atoms with Gasteiger partial charge in [-0.05, 0) is 34.1 Å². The lowest BCUT2D eigenvalue weighted by molar-refractivity contribution is -0.212. The average Bonchev–Trinajstić information content (AvgIpc) is 3.37. The van der Waals surface area contributed by atoms with Crippen molar-refractivity contribution in [3.63, 3.8) is 0 Å². The van der Waals surface area contributed by atoms with Crippen molar-refractivity contribution in [2.24, 2.45) is 0 Å². The highest BCUT2D eigenvalue weighted by atomic mass is 79.9. The Morgan fingerprint density at radius 2 is 1.71 bits per heavy atom. The summed E-state index contributed by atoms with van der Waals surface area (Å²) >= 11 is 10.1. The maximum absolute atomic E-state index is 14.2. The lowest BCUT2D eigenvalue weighted by Crippen LogP contribution is -2.57. The molecule has 0 saturated carbocycles. The number of ether oxygens (including phenoxy) is 4. The van der Waals surface area contributed by atoms with Gasteiger partial charge >= 0.3 is 17.9 Å². The summed E-state index contributed by atoms with van der Waals surface area (Å²) in [7, 11) is 0. The summed E-state index contributed by atoms with van der Waals surface area (Å²) in [4.78, 5) is 40.9. The van der Waals surface area contributed by atoms with Crippen molar-refractivity contribution < 1.29 is 42.1 Å². The van der Waals surface area contributed by atoms with Crippen LogP contribution >= 0.6 is 39.3 Å². The van der Waals surface area contributed by atoms with Gasteiger partial charge in [-0.15, -0.1) is 5.10 Å². The van der Waals surface area contributed by atoms with Crippen LogP contribution in [0.2, 0.25) is 5.02 Å². The second-order valence-corrected chi connectivity index (χ2v) is 11.2. The van der Waals surface area contributed by atoms with Crippen molar-refractivity contribution in [3.05, 3.63) is 57.9 Å². The van der Waals surface area contributed by atoms with Crippen LogP contribution in [-0.2, 0) is 33.3 Å². The Hall–Kier alpha value is -3.14. The highest BCUT2D eigenvalue weighted by molar-refractivity contribution is 9.10. The molecule has 3 heterocycles. The van der Waals surface area contributed by atoms with Crippen molar-refractivity contribution in [3.8, 4) is 11.3 Å². The van der Waals surface area contributed by atoms with Gasteiger partial charge in [-0.3, -0.25) is 19.4 Å². The first-order valence-corrected chi connectivity index (χ1v) is 13.9. The summed E-state index contributed by atoms with van der Waals surface area (Å²) < 4.78 is 53.0. The van der Waals surface area contributed by atoms with Gasteiger partial charge in [0.05, 0.1) is 6.20 Å². The number of pyridine rings is 1. The number of benzene rings is 1. The Kier molecular flexibility index (Phi) is 9.94. The van der Waals surface area contributed by atoms with Gasteiger partial charge in [0.25, 0.3) is 0 Å². The van der Waals surface area contributed by atoms with Gasteiger partial charge in [-0.1, -0.05) is 28.6 Å². The number of aromatic nitrogens is 4. The third-order valence-electron chi connectivity index (χ3n) is 5.70. The van der Waals surface area contributed by atoms with Gasteiger partial charge in [-0.2, -0.15) is 0 Å². The van der Waals surface area contributed by atoms with Crippen molar-refractivity contribution >= 4 is 57.2 Å². The van der Waals surface area contributed by atoms with E-state index in [1.54, 1.807) is 18.5 Å². The molecule has 4 rings (SSSR count). The molecule has 0 N–H and O–H groups in total. The standard InChI is InChI=1S/C25H22BrClF2N4O7S/c1-11(34)37-10-20-23(38-12(2)35)22(33-9-19(31-32-33)14-4-17(28)21(27)18(29)5-14)24(39-13(3)36)25(40-20)41-16-6-15(26)7-30-8-16/h4-9,20,22-25H,10H2,1-3H3/t20?,22?,23-,24?,25+/m0/s1. The topological polar surface area (TPSA) is 132 Å². The number of carbonyl (C=O) groups excluding carboxylic acids is 3. The van der Waals surface area contributed by atoms with E-state index in [2.05, 4.69) is 31.2 Å². The average molecular weight is 676 g/mol. The summed E-state index contributed by atoms with van der Waals surface area (Å²) in [6.07, 6.45) is 1.09. The second-order valence-electron chi connectivity index (χ2n) is 8.78. The number of hydrogen-bond acceptors (Lipinski definition) is 11. The van der Waals surface area contributed by atoms with Crippen molar-refractivity contribution in [2.45, 2.75) is 55.5 Å². The molecule has 0 bridgehead atoms. The highest BCUT2D eigenvalue weighted by Gasteiger charge is 2.52. The van der Waals surface area contributed by atoms with Crippen LogP contribution in [0.3, 0.4) is 0 Å². The molecule has 1 fully saturated rings. The summed E-state index contributed by atoms with van der Waals surface area (Å²) in [6, 6.07) is 2.65. The van der Waals surface area contributed by atoms with Crippen LogP contribution in [0.5, 0.6) is 0 Å². The molecule has 16 heteroatoms. The minimum absolute atomic E-state index is 0.0263. The van der Waals surface area contributed by atoms with Crippen LogP contribution in [0.1, 0.15) is 26.8 Å². The minimum atomic E-state index is -1.21. The number of thioether (sulfide) groups is 1. The third kappa shape index (κ3) is 7.58. The molecule has 0 radical (unpaired) electrons. The lowest BCUT2D eigenvalue weighted by Gasteiger charge is -2.44. The fraction of sp³-hybridized carbons (Fsp3) is 0.360. The van der Waals surface area contributed by atoms with Gasteiger partial charge in [0.2, 0.25) is 0 Å². The minimum Gasteiger partial charge on any atom is -0.463 e. The summed E-state index contributed by atoms with van der Waals surface area (Å²) in [5.41, 5.74) is -0.880. The SMILES string of the molecule is CC(=O)OCC1O[C@H](Sc2cncc(Br)c2)C(OC(C)=O)C(n2cc(-c3cc(F)c(Cl)c(F)c3)nn2)[C@H]1OC(C)=O. The van der Waals surface area contributed by atoms with E-state index in [0.717, 1.165) is 23.9 Å². The molecule has 0 amide bonds. The van der Waals surface area contributed by atoms with Gasteiger partial charge in [-0.25, -0.2) is 13.5 Å². The molecule has 11 nitrogen and oxygen atoms in total. The number of carbonyl (C=O) groups is 3. The van der Waals surface area contributed by atoms with E-state index in [-0.39, 0.29) is 17.9 Å². The van der Waals surface area contributed by atoms with E-state index in [4.69, 9.17) is 30.5 Å². The smallest absolute Gasteiger partial charge is 0.303 e. The second kappa shape index (κ2) is 13.2. The van der Waals surface area contributed by atoms with Crippen LogP contribution in [0.4, 0.5) is 8.78 Å². The molecule has 0 spiro atoms. The first-order chi connectivity index (χ1) is 19.4. The van der Waals surface area contributed by atoms with Crippen LogP contribution in [-0.4, -0.2) is 68.2 Å². The lowest BCUT2D eigenvalue weighted by atomic mass is 9.96. The monoisotopic (exact) mass is 674 g/mol. The predicted octanol–water partition coefficient (Wildman–Crippen LogP) is 4.52. The zero-order chi connectivity index (χ0) is 29.8. The predicted molar refractivity (Wildman–Crippen MR) is 144 cm³/mol. The maximum atomic E-state index is 14.2. The maximum Gasteiger partial charge on any atom is 0.303 e. The Morgan fingerprint density at radius 3 is 2.32 bits per heavy atom. The van der Waals surface area contributed by atoms with Gasteiger partial charge < -0.3 is 18.9 Å². The molecule has 1 saturated heterocycles. The van der Waals surface area contributed by atoms with Crippen molar-refractivity contribution in [2.75, 3.05) is 6.61 Å². The van der Waals surface area contributed by atoms with Crippen LogP contribution in [0.25, 0.3) is 11.3 Å². The van der Waals surface area contributed by atoms with E-state index in [9.17, 15) is 23.2 Å². The number of halogens is 4. The van der Waals surface area contributed by atoms with E-state index in [0.29, 0.717) is 9.37 Å². The van der Waals surface area contributed by atoms with Crippen LogP contribution in [0.15, 0.2) is 46.2 Å². The first-order valence-electron chi connectivity index (χ1n) is 11.9. The summed E-state index contributed by atoms with van der Waals surface area (Å²) in [6.45, 7) is 3.24. The Balaban J connectivity index is 1.82. The van der Waals surface area contributed by atoms with Gasteiger partial charge in [0, 0.05) is 48.1 Å². The van der Waals surface area contributed by atoms with E-state index in [1.807, 2.05) is 0 Å². The number of rotatable bonds is 8. The van der Waals surface area contributed by atoms with Crippen molar-refractivity contribution in [1.82, 2.24) is 20.0 Å². The van der Waals surface area contributed by atoms with E-state index >= 15 is 0 Å². The zero-order valence-corrected chi connectivity index (χ0v) is 24.8. The Labute approximate surface area is 249 Å². The zero-order valence-electron chi connectivity index (χ0n) is 21.6. The molecule has 2 aromatic heterocycles. The molecular weight excluding hydrogens is 654 g/mol. The largest absolute Gasteiger partial charge is 0.463 e. The molecule has 1 aliphatic rings. The molecule has 41 heavy (non-hydrogen) atoms. The molecule has 1 aromatic carbocycles. The van der Waals surface area contributed by atoms with E-state index in [1.165, 1.54) is 31.6 Å². The van der Waals surface area contributed by atoms with Crippen LogP contribution < -0.4 is 0 Å². The number of esters is 3. The Bertz CT molecular complexity index is 1440. The molecule has 3 unspecified atom stereocenters. The van der Waals surface area contributed by atoms with Gasteiger partial charge in [0.1, 0.15) is 46.5 Å². The fourth-order valence-electron chi connectivity index (χ4n) is 4.13. The van der Waals surface area contributed by atoms with E-state index < -0.39 is 64.4 Å². The molecule has 3 aromatic rings. The fourth-order valence-corrected chi connectivity index (χ4v) is 5.89. The number of nitrogens with zero attached hydrogens (tertiary/aromatic N) is 4. The molecule has 5 atom stereocenters. The normalized spacial score (nSPS) is 22.2. The first kappa shape index (κ1) is 30.8.